The van der Waals surface area contributed by atoms with Crippen LogP contribution in [0.5, 0.6) is 0 Å². The van der Waals surface area contributed by atoms with Crippen molar-refractivity contribution < 1.29 is 14.0 Å². The Morgan fingerprint density at radius 3 is 2.64 bits per heavy atom. The highest BCUT2D eigenvalue weighted by Gasteiger charge is 2.23. The van der Waals surface area contributed by atoms with E-state index >= 15 is 0 Å². The van der Waals surface area contributed by atoms with Gasteiger partial charge >= 0.3 is 11.7 Å². The third kappa shape index (κ3) is 3.22. The summed E-state index contributed by atoms with van der Waals surface area (Å²) in [6, 6.07) is 11.7. The molecule has 0 aliphatic carbocycles. The molecule has 0 bridgehead atoms. The van der Waals surface area contributed by atoms with Crippen LogP contribution in [0.4, 0.5) is 16.2 Å². The van der Waals surface area contributed by atoms with Crippen molar-refractivity contribution in [1.82, 2.24) is 5.32 Å². The minimum absolute atomic E-state index is 0.166. The summed E-state index contributed by atoms with van der Waals surface area (Å²) in [7, 11) is 0. The topological polar surface area (TPSA) is 91.7 Å². The number of urea groups is 1. The van der Waals surface area contributed by atoms with E-state index in [0.29, 0.717) is 35.6 Å². The smallest absolute Gasteiger partial charge is 0.336 e. The molecular weight excluding hydrogens is 358 g/mol. The second-order valence-corrected chi connectivity index (χ2v) is 6.80. The third-order valence-electron chi connectivity index (χ3n) is 4.83. The molecule has 28 heavy (non-hydrogen) atoms. The van der Waals surface area contributed by atoms with E-state index in [1.165, 1.54) is 6.07 Å². The Balaban J connectivity index is 1.63. The molecule has 0 radical (unpaired) electrons. The van der Waals surface area contributed by atoms with Gasteiger partial charge in [-0.1, -0.05) is 6.07 Å². The molecule has 0 unspecified atom stereocenters. The predicted molar refractivity (Wildman–Crippen MR) is 107 cm³/mol. The highest BCUT2D eigenvalue weighted by Crippen LogP contribution is 2.25. The van der Waals surface area contributed by atoms with Crippen LogP contribution in [0.1, 0.15) is 21.5 Å². The van der Waals surface area contributed by atoms with Gasteiger partial charge < -0.3 is 15.1 Å². The maximum atomic E-state index is 12.7. The Bertz CT molecular complexity index is 1170. The minimum atomic E-state index is -0.430. The van der Waals surface area contributed by atoms with Crippen molar-refractivity contribution in [1.29, 1.82) is 0 Å². The van der Waals surface area contributed by atoms with E-state index in [-0.39, 0.29) is 11.9 Å². The fourth-order valence-electron chi connectivity index (χ4n) is 3.35. The Labute approximate surface area is 161 Å². The molecule has 1 aliphatic rings. The minimum Gasteiger partial charge on any atom is -0.423 e. The second-order valence-electron chi connectivity index (χ2n) is 6.80. The van der Waals surface area contributed by atoms with Gasteiger partial charge in [-0.25, -0.2) is 9.59 Å². The van der Waals surface area contributed by atoms with Crippen LogP contribution in [0.3, 0.4) is 0 Å². The molecule has 3 aromatic rings. The molecule has 2 heterocycles. The van der Waals surface area contributed by atoms with Gasteiger partial charge in [0.2, 0.25) is 0 Å². The summed E-state index contributed by atoms with van der Waals surface area (Å²) in [6.45, 7) is 4.88. The number of benzene rings is 2. The number of rotatable bonds is 3. The van der Waals surface area contributed by atoms with Crippen molar-refractivity contribution in [2.45, 2.75) is 13.8 Å². The van der Waals surface area contributed by atoms with E-state index in [9.17, 15) is 14.4 Å². The largest absolute Gasteiger partial charge is 0.423 e. The molecule has 0 atom stereocenters. The Hall–Kier alpha value is -3.61. The normalized spacial score (nSPS) is 13.6. The summed E-state index contributed by atoms with van der Waals surface area (Å²) >= 11 is 0. The molecule has 4 rings (SSSR count). The molecule has 2 aromatic carbocycles. The lowest BCUT2D eigenvalue weighted by atomic mass is 10.1. The van der Waals surface area contributed by atoms with E-state index in [1.807, 2.05) is 19.9 Å². The van der Waals surface area contributed by atoms with Gasteiger partial charge in [0, 0.05) is 47.5 Å². The van der Waals surface area contributed by atoms with Gasteiger partial charge in [-0.05, 0) is 49.2 Å². The lowest BCUT2D eigenvalue weighted by Gasteiger charge is -2.18. The Kier molecular flexibility index (Phi) is 4.35. The quantitative estimate of drug-likeness (QED) is 0.686. The summed E-state index contributed by atoms with van der Waals surface area (Å²) in [6.07, 6.45) is 0. The van der Waals surface area contributed by atoms with Crippen LogP contribution in [0.2, 0.25) is 0 Å². The number of aryl methyl sites for hydroxylation is 2. The van der Waals surface area contributed by atoms with Gasteiger partial charge in [0.1, 0.15) is 5.58 Å². The fraction of sp³-hybridized carbons (Fsp3) is 0.190. The van der Waals surface area contributed by atoms with Crippen LogP contribution in [-0.2, 0) is 0 Å². The van der Waals surface area contributed by atoms with Gasteiger partial charge in [0.05, 0.1) is 0 Å². The van der Waals surface area contributed by atoms with Gasteiger partial charge in [-0.2, -0.15) is 0 Å². The van der Waals surface area contributed by atoms with Crippen molar-refractivity contribution in [3.8, 4) is 0 Å². The number of carbonyl (C=O) groups excluding carboxylic acids is 2. The van der Waals surface area contributed by atoms with Gasteiger partial charge in [-0.15, -0.1) is 0 Å². The number of nitrogens with one attached hydrogen (secondary N) is 2. The predicted octanol–water partition coefficient (Wildman–Crippen LogP) is 3.19. The second kappa shape index (κ2) is 6.84. The lowest BCUT2D eigenvalue weighted by molar-refractivity contribution is 0.102. The number of fused-ring (bicyclic) bond motifs is 1. The van der Waals surface area contributed by atoms with Crippen LogP contribution >= 0.6 is 0 Å². The van der Waals surface area contributed by atoms with E-state index in [2.05, 4.69) is 10.6 Å². The molecule has 7 heteroatoms. The van der Waals surface area contributed by atoms with Crippen molar-refractivity contribution in [2.75, 3.05) is 23.3 Å². The number of hydrogen-bond acceptors (Lipinski definition) is 4. The first-order valence-corrected chi connectivity index (χ1v) is 8.94. The van der Waals surface area contributed by atoms with Crippen molar-refractivity contribution in [2.24, 2.45) is 0 Å². The van der Waals surface area contributed by atoms with E-state index in [0.717, 1.165) is 16.5 Å². The molecule has 2 N–H and O–H groups in total. The van der Waals surface area contributed by atoms with Gasteiger partial charge in [0.15, 0.2) is 0 Å². The highest BCUT2D eigenvalue weighted by molar-refractivity contribution is 6.06. The van der Waals surface area contributed by atoms with E-state index in [1.54, 1.807) is 35.2 Å². The Morgan fingerprint density at radius 2 is 1.89 bits per heavy atom. The van der Waals surface area contributed by atoms with E-state index < -0.39 is 5.63 Å². The SMILES string of the molecule is Cc1ccc(C(=O)Nc2ccc3c(C)cc(=O)oc3c2)cc1N1CCNC1=O. The van der Waals surface area contributed by atoms with Crippen LogP contribution < -0.4 is 21.2 Å². The molecule has 1 aromatic heterocycles. The van der Waals surface area contributed by atoms with Crippen LogP contribution in [-0.4, -0.2) is 25.0 Å². The maximum Gasteiger partial charge on any atom is 0.336 e. The molecule has 3 amide bonds. The summed E-state index contributed by atoms with van der Waals surface area (Å²) in [5.41, 5.74) is 3.38. The number of carbonyl (C=O) groups is 2. The monoisotopic (exact) mass is 377 g/mol. The molecule has 1 aliphatic heterocycles. The molecule has 0 saturated carbocycles. The maximum absolute atomic E-state index is 12.7. The van der Waals surface area contributed by atoms with Crippen molar-refractivity contribution >= 4 is 34.3 Å². The first-order valence-electron chi connectivity index (χ1n) is 8.94. The zero-order valence-corrected chi connectivity index (χ0v) is 15.5. The van der Waals surface area contributed by atoms with Crippen molar-refractivity contribution in [3.05, 3.63) is 69.6 Å². The zero-order chi connectivity index (χ0) is 19.8. The number of anilines is 2. The van der Waals surface area contributed by atoms with E-state index in [4.69, 9.17) is 4.42 Å². The van der Waals surface area contributed by atoms with Gasteiger partial charge in [0.25, 0.3) is 5.91 Å². The Morgan fingerprint density at radius 1 is 1.07 bits per heavy atom. The molecular formula is C21H19N3O4. The summed E-state index contributed by atoms with van der Waals surface area (Å²) in [4.78, 5) is 37.9. The average Bonchev–Trinajstić information content (AvgIpc) is 3.07. The highest BCUT2D eigenvalue weighted by atomic mass is 16.4. The average molecular weight is 377 g/mol. The molecule has 7 nitrogen and oxygen atoms in total. The van der Waals surface area contributed by atoms with Crippen LogP contribution in [0.15, 0.2) is 51.7 Å². The first kappa shape index (κ1) is 17.8. The summed E-state index contributed by atoms with van der Waals surface area (Å²) in [5, 5.41) is 6.39. The van der Waals surface area contributed by atoms with Crippen molar-refractivity contribution in [3.63, 3.8) is 0 Å². The summed E-state index contributed by atoms with van der Waals surface area (Å²) in [5.74, 6) is -0.310. The fourth-order valence-corrected chi connectivity index (χ4v) is 3.35. The zero-order valence-electron chi connectivity index (χ0n) is 15.5. The first-order chi connectivity index (χ1) is 13.4. The van der Waals surface area contributed by atoms with Crippen LogP contribution in [0, 0.1) is 13.8 Å². The summed E-state index contributed by atoms with van der Waals surface area (Å²) < 4.78 is 5.23. The van der Waals surface area contributed by atoms with Gasteiger partial charge in [-0.3, -0.25) is 9.69 Å². The number of amides is 3. The standard InChI is InChI=1S/C21H19N3O4/c1-12-3-4-14(10-17(12)24-8-7-22-21(24)27)20(26)23-15-5-6-16-13(2)9-19(25)28-18(16)11-15/h3-6,9-11H,7-8H2,1-2H3,(H,22,27)(H,23,26). The molecule has 1 saturated heterocycles. The van der Waals surface area contributed by atoms with Crippen LogP contribution in [0.25, 0.3) is 11.0 Å². The number of nitrogens with zero attached hydrogens (tertiary/aromatic N) is 1. The molecule has 1 fully saturated rings. The molecule has 142 valence electrons. The lowest BCUT2D eigenvalue weighted by Crippen LogP contribution is -2.28. The molecule has 0 spiro atoms. The third-order valence-corrected chi connectivity index (χ3v) is 4.83. The number of hydrogen-bond donors (Lipinski definition) is 2.